The highest BCUT2D eigenvalue weighted by Crippen LogP contribution is 2.44. The molecule has 2 atom stereocenters. The Balaban J connectivity index is 2.47. The van der Waals surface area contributed by atoms with Crippen LogP contribution in [0.3, 0.4) is 0 Å². The van der Waals surface area contributed by atoms with Gasteiger partial charge in [-0.25, -0.2) is 0 Å². The molecule has 0 saturated heterocycles. The molecule has 122 valence electrons. The van der Waals surface area contributed by atoms with E-state index in [4.69, 9.17) is 10.2 Å². The first-order valence-corrected chi connectivity index (χ1v) is 9.87. The highest BCUT2D eigenvalue weighted by Gasteiger charge is 2.27. The Bertz CT molecular complexity index is 541. The third-order valence-corrected chi connectivity index (χ3v) is 6.08. The fourth-order valence-electron chi connectivity index (χ4n) is 2.41. The number of hydrogen-bond donors (Lipinski definition) is 2. The van der Waals surface area contributed by atoms with Gasteiger partial charge in [0.15, 0.2) is 0 Å². The van der Waals surface area contributed by atoms with E-state index in [1.54, 1.807) is 6.66 Å². The number of aryl methyl sites for hydroxylation is 1. The molecule has 2 N–H and O–H groups in total. The van der Waals surface area contributed by atoms with E-state index in [9.17, 15) is 14.2 Å². The number of rotatable bonds is 10. The van der Waals surface area contributed by atoms with Gasteiger partial charge in [-0.15, -0.1) is 0 Å². The summed E-state index contributed by atoms with van der Waals surface area (Å²) in [6.07, 6.45) is 1.93. The number of hydrogen-bond acceptors (Lipinski definition) is 3. The van der Waals surface area contributed by atoms with Crippen LogP contribution in [0.25, 0.3) is 0 Å². The molecule has 5 nitrogen and oxygen atoms in total. The van der Waals surface area contributed by atoms with E-state index in [2.05, 4.69) is 0 Å². The lowest BCUT2D eigenvalue weighted by Crippen LogP contribution is -2.20. The monoisotopic (exact) mass is 326 g/mol. The Morgan fingerprint density at radius 2 is 1.82 bits per heavy atom. The summed E-state index contributed by atoms with van der Waals surface area (Å²) in [5.41, 5.74) is 1.17. The third kappa shape index (κ3) is 7.41. The average Bonchev–Trinajstić information content (AvgIpc) is 2.44. The standard InChI is InChI=1S/C16H23O5P/c1-22(21,11-5-8-13-6-3-2-4-7-13)12-14(16(19)20)9-10-15(17)18/h2-4,6-7,14H,5,8-12H2,1H3,(H,17,18)(H,19,20). The first kappa shape index (κ1) is 18.4. The molecule has 2 unspecified atom stereocenters. The van der Waals surface area contributed by atoms with E-state index < -0.39 is 25.0 Å². The van der Waals surface area contributed by atoms with Gasteiger partial charge in [0.05, 0.1) is 13.1 Å². The van der Waals surface area contributed by atoms with Crippen molar-refractivity contribution in [3.8, 4) is 0 Å². The number of carbonyl (C=O) groups is 2. The summed E-state index contributed by atoms with van der Waals surface area (Å²) in [5.74, 6) is -2.93. The van der Waals surface area contributed by atoms with Gasteiger partial charge in [-0.3, -0.25) is 9.59 Å². The Labute approximate surface area is 130 Å². The van der Waals surface area contributed by atoms with Gasteiger partial charge >= 0.3 is 11.9 Å². The first-order valence-electron chi connectivity index (χ1n) is 7.34. The molecule has 0 heterocycles. The van der Waals surface area contributed by atoms with Crippen molar-refractivity contribution in [3.05, 3.63) is 35.9 Å². The molecule has 0 spiro atoms. The van der Waals surface area contributed by atoms with Gasteiger partial charge < -0.3 is 14.8 Å². The van der Waals surface area contributed by atoms with Crippen molar-refractivity contribution in [2.75, 3.05) is 19.0 Å². The lowest BCUT2D eigenvalue weighted by molar-refractivity contribution is -0.142. The summed E-state index contributed by atoms with van der Waals surface area (Å²) in [5, 5.41) is 17.8. The largest absolute Gasteiger partial charge is 0.481 e. The van der Waals surface area contributed by atoms with Crippen molar-refractivity contribution in [1.82, 2.24) is 0 Å². The summed E-state index contributed by atoms with van der Waals surface area (Å²) in [4.78, 5) is 21.7. The molecule has 0 amide bonds. The van der Waals surface area contributed by atoms with Crippen molar-refractivity contribution in [2.24, 2.45) is 5.92 Å². The van der Waals surface area contributed by atoms with Crippen LogP contribution in [0.2, 0.25) is 0 Å². The summed E-state index contributed by atoms with van der Waals surface area (Å²) in [6, 6.07) is 9.86. The molecule has 0 aliphatic rings. The predicted molar refractivity (Wildman–Crippen MR) is 86.0 cm³/mol. The Morgan fingerprint density at radius 1 is 1.18 bits per heavy atom. The molecule has 0 fully saturated rings. The van der Waals surface area contributed by atoms with E-state index >= 15 is 0 Å². The molecule has 1 aromatic rings. The predicted octanol–water partition coefficient (Wildman–Crippen LogP) is 3.18. The normalized spacial score (nSPS) is 15.0. The molecule has 1 rings (SSSR count). The van der Waals surface area contributed by atoms with Crippen LogP contribution in [-0.2, 0) is 20.6 Å². The SMILES string of the molecule is CP(=O)(CCCc1ccccc1)CC(CCC(=O)O)C(=O)O. The van der Waals surface area contributed by atoms with Gasteiger partial charge in [0, 0.05) is 18.7 Å². The van der Waals surface area contributed by atoms with E-state index in [1.807, 2.05) is 30.3 Å². The van der Waals surface area contributed by atoms with Crippen LogP contribution in [0.1, 0.15) is 24.8 Å². The highest BCUT2D eigenvalue weighted by molar-refractivity contribution is 7.63. The molecular weight excluding hydrogens is 303 g/mol. The van der Waals surface area contributed by atoms with Crippen LogP contribution in [0.15, 0.2) is 30.3 Å². The van der Waals surface area contributed by atoms with Crippen LogP contribution >= 0.6 is 7.14 Å². The second kappa shape index (κ2) is 8.74. The van der Waals surface area contributed by atoms with E-state index in [0.29, 0.717) is 6.16 Å². The molecule has 0 aromatic heterocycles. The lowest BCUT2D eigenvalue weighted by atomic mass is 10.1. The van der Waals surface area contributed by atoms with Crippen molar-refractivity contribution in [2.45, 2.75) is 25.7 Å². The Hall–Kier alpha value is -1.61. The van der Waals surface area contributed by atoms with E-state index in [-0.39, 0.29) is 19.0 Å². The maximum Gasteiger partial charge on any atom is 0.306 e. The third-order valence-electron chi connectivity index (χ3n) is 3.60. The van der Waals surface area contributed by atoms with Gasteiger partial charge in [-0.2, -0.15) is 0 Å². The second-order valence-corrected chi connectivity index (χ2v) is 9.17. The molecule has 0 bridgehead atoms. The minimum Gasteiger partial charge on any atom is -0.481 e. The minimum atomic E-state index is -2.57. The number of carboxylic acids is 2. The molecule has 0 aliphatic heterocycles. The zero-order chi connectivity index (χ0) is 16.6. The molecule has 0 aliphatic carbocycles. The van der Waals surface area contributed by atoms with E-state index in [1.165, 1.54) is 5.56 Å². The number of aliphatic carboxylic acids is 2. The van der Waals surface area contributed by atoms with Crippen LogP contribution in [0, 0.1) is 5.92 Å². The van der Waals surface area contributed by atoms with Crippen molar-refractivity contribution >= 4 is 19.1 Å². The van der Waals surface area contributed by atoms with Gasteiger partial charge in [-0.05, 0) is 31.5 Å². The molecular formula is C16H23O5P. The van der Waals surface area contributed by atoms with Gasteiger partial charge in [0.25, 0.3) is 0 Å². The Morgan fingerprint density at radius 3 is 2.36 bits per heavy atom. The smallest absolute Gasteiger partial charge is 0.306 e. The lowest BCUT2D eigenvalue weighted by Gasteiger charge is -2.18. The maximum absolute atomic E-state index is 12.6. The van der Waals surface area contributed by atoms with Crippen LogP contribution in [0.4, 0.5) is 0 Å². The second-order valence-electron chi connectivity index (χ2n) is 5.76. The summed E-state index contributed by atoms with van der Waals surface area (Å²) >= 11 is 0. The quantitative estimate of drug-likeness (QED) is 0.644. The summed E-state index contributed by atoms with van der Waals surface area (Å²) in [7, 11) is -2.57. The molecule has 1 aromatic carbocycles. The average molecular weight is 326 g/mol. The zero-order valence-electron chi connectivity index (χ0n) is 12.8. The number of benzene rings is 1. The first-order chi connectivity index (χ1) is 10.3. The number of carboxylic acid groups (broad SMARTS) is 2. The summed E-state index contributed by atoms with van der Waals surface area (Å²) in [6.45, 7) is 1.62. The van der Waals surface area contributed by atoms with Gasteiger partial charge in [-0.1, -0.05) is 30.3 Å². The fourth-order valence-corrected chi connectivity index (χ4v) is 4.69. The van der Waals surface area contributed by atoms with Crippen LogP contribution < -0.4 is 0 Å². The van der Waals surface area contributed by atoms with Gasteiger partial charge in [0.2, 0.25) is 0 Å². The van der Waals surface area contributed by atoms with Crippen LogP contribution in [-0.4, -0.2) is 41.1 Å². The molecule has 0 saturated carbocycles. The molecule has 22 heavy (non-hydrogen) atoms. The maximum atomic E-state index is 12.6. The van der Waals surface area contributed by atoms with Crippen molar-refractivity contribution in [3.63, 3.8) is 0 Å². The topological polar surface area (TPSA) is 91.7 Å². The fraction of sp³-hybridized carbons (Fsp3) is 0.500. The Kier molecular flexibility index (Phi) is 7.33. The molecule has 6 heteroatoms. The minimum absolute atomic E-state index is 0.0290. The van der Waals surface area contributed by atoms with Crippen molar-refractivity contribution in [1.29, 1.82) is 0 Å². The highest BCUT2D eigenvalue weighted by atomic mass is 31.2. The van der Waals surface area contributed by atoms with Gasteiger partial charge in [0.1, 0.15) is 0 Å². The summed E-state index contributed by atoms with van der Waals surface area (Å²) < 4.78 is 12.6. The molecule has 0 radical (unpaired) electrons. The van der Waals surface area contributed by atoms with Crippen LogP contribution in [0.5, 0.6) is 0 Å². The van der Waals surface area contributed by atoms with Crippen molar-refractivity contribution < 1.29 is 24.4 Å². The zero-order valence-corrected chi connectivity index (χ0v) is 13.7. The van der Waals surface area contributed by atoms with E-state index in [0.717, 1.165) is 12.8 Å².